The largest absolute Gasteiger partial charge is 0.444 e. The number of carbonyl (C=O) groups is 1. The number of alkyl halides is 3. The van der Waals surface area contributed by atoms with Gasteiger partial charge >= 0.3 is 12.3 Å². The van der Waals surface area contributed by atoms with Crippen LogP contribution in [0.25, 0.3) is 0 Å². The SMILES string of the molecule is CN=C(NCCC1CCN(CC(F)(F)F)CC1)NC1CN(C(=O)OC(C)(C)C)C1.I. The first kappa shape index (κ1) is 27.1. The monoisotopic (exact) mass is 549 g/mol. The second-order valence-electron chi connectivity index (χ2n) is 8.85. The Morgan fingerprint density at radius 1 is 1.17 bits per heavy atom. The second-order valence-corrected chi connectivity index (χ2v) is 8.85. The van der Waals surface area contributed by atoms with Crippen LogP contribution in [0.3, 0.4) is 0 Å². The molecule has 2 fully saturated rings. The van der Waals surface area contributed by atoms with Crippen LogP contribution in [-0.2, 0) is 4.74 Å². The van der Waals surface area contributed by atoms with Gasteiger partial charge in [-0.25, -0.2) is 4.79 Å². The lowest BCUT2D eigenvalue weighted by atomic mass is 9.93. The molecule has 1 amide bonds. The number of piperidine rings is 1. The zero-order valence-corrected chi connectivity index (χ0v) is 20.5. The van der Waals surface area contributed by atoms with Gasteiger partial charge in [-0.05, 0) is 59.0 Å². The van der Waals surface area contributed by atoms with Gasteiger partial charge in [-0.1, -0.05) is 0 Å². The van der Waals surface area contributed by atoms with Crippen LogP contribution < -0.4 is 10.6 Å². The number of likely N-dealkylation sites (tertiary alicyclic amines) is 2. The van der Waals surface area contributed by atoms with Gasteiger partial charge in [-0.2, -0.15) is 13.2 Å². The van der Waals surface area contributed by atoms with E-state index in [9.17, 15) is 18.0 Å². The first-order valence-electron chi connectivity index (χ1n) is 10.2. The highest BCUT2D eigenvalue weighted by Gasteiger charge is 2.34. The Morgan fingerprint density at radius 3 is 2.27 bits per heavy atom. The van der Waals surface area contributed by atoms with E-state index in [-0.39, 0.29) is 36.1 Å². The first-order valence-corrected chi connectivity index (χ1v) is 10.2. The second kappa shape index (κ2) is 11.6. The zero-order valence-electron chi connectivity index (χ0n) is 18.2. The number of guanidine groups is 1. The molecular weight excluding hydrogens is 514 g/mol. The van der Waals surface area contributed by atoms with Crippen LogP contribution in [0.5, 0.6) is 0 Å². The maximum atomic E-state index is 12.4. The van der Waals surface area contributed by atoms with Gasteiger partial charge in [0, 0.05) is 26.7 Å². The molecule has 2 aliphatic rings. The van der Waals surface area contributed by atoms with Crippen LogP contribution in [-0.4, -0.2) is 86.0 Å². The molecule has 0 unspecified atom stereocenters. The highest BCUT2D eigenvalue weighted by molar-refractivity contribution is 14.0. The van der Waals surface area contributed by atoms with Crippen LogP contribution in [0.1, 0.15) is 40.0 Å². The summed E-state index contributed by atoms with van der Waals surface area (Å²) in [4.78, 5) is 19.3. The van der Waals surface area contributed by atoms with Crippen molar-refractivity contribution in [2.24, 2.45) is 10.9 Å². The molecule has 11 heteroatoms. The Hall–Kier alpha value is -0.980. The van der Waals surface area contributed by atoms with E-state index in [4.69, 9.17) is 4.74 Å². The van der Waals surface area contributed by atoms with Crippen molar-refractivity contribution in [3.63, 3.8) is 0 Å². The highest BCUT2D eigenvalue weighted by atomic mass is 127. The average molecular weight is 549 g/mol. The summed E-state index contributed by atoms with van der Waals surface area (Å²) in [6.07, 6.45) is -1.95. The predicted octanol–water partition coefficient (Wildman–Crippen LogP) is 3.05. The molecule has 2 rings (SSSR count). The molecule has 0 atom stereocenters. The van der Waals surface area contributed by atoms with Crippen molar-refractivity contribution in [1.29, 1.82) is 0 Å². The minimum absolute atomic E-state index is 0. The standard InChI is InChI=1S/C19H34F3N5O2.HI/c1-18(2,3)29-17(28)27-11-15(12-27)25-16(23-4)24-8-5-14-6-9-26(10-7-14)13-19(20,21)22;/h14-15H,5-13H2,1-4H3,(H2,23,24,25);1H. The van der Waals surface area contributed by atoms with Crippen molar-refractivity contribution in [1.82, 2.24) is 20.4 Å². The fourth-order valence-electron chi connectivity index (χ4n) is 3.51. The van der Waals surface area contributed by atoms with Gasteiger partial charge in [0.05, 0.1) is 12.6 Å². The number of carbonyl (C=O) groups excluding carboxylic acids is 1. The van der Waals surface area contributed by atoms with E-state index < -0.39 is 18.3 Å². The summed E-state index contributed by atoms with van der Waals surface area (Å²) >= 11 is 0. The van der Waals surface area contributed by atoms with E-state index in [0.29, 0.717) is 44.6 Å². The maximum Gasteiger partial charge on any atom is 0.410 e. The van der Waals surface area contributed by atoms with E-state index in [2.05, 4.69) is 15.6 Å². The minimum atomic E-state index is -4.12. The van der Waals surface area contributed by atoms with E-state index in [1.165, 1.54) is 4.90 Å². The van der Waals surface area contributed by atoms with Crippen molar-refractivity contribution < 1.29 is 22.7 Å². The summed E-state index contributed by atoms with van der Waals surface area (Å²) in [5, 5.41) is 6.54. The maximum absolute atomic E-state index is 12.4. The van der Waals surface area contributed by atoms with Gasteiger partial charge in [0.1, 0.15) is 5.60 Å². The average Bonchev–Trinajstić information content (AvgIpc) is 2.54. The highest BCUT2D eigenvalue weighted by Crippen LogP contribution is 2.24. The quantitative estimate of drug-likeness (QED) is 0.314. The molecule has 2 heterocycles. The molecule has 7 nitrogen and oxygen atoms in total. The zero-order chi connectivity index (χ0) is 21.7. The van der Waals surface area contributed by atoms with Gasteiger partial charge in [0.25, 0.3) is 0 Å². The van der Waals surface area contributed by atoms with Crippen LogP contribution in [0.15, 0.2) is 4.99 Å². The van der Waals surface area contributed by atoms with Gasteiger partial charge in [0.15, 0.2) is 5.96 Å². The van der Waals surface area contributed by atoms with Crippen molar-refractivity contribution in [3.05, 3.63) is 0 Å². The summed E-state index contributed by atoms with van der Waals surface area (Å²) in [6.45, 7) is 7.55. The normalized spacial score (nSPS) is 19.7. The molecule has 2 aliphatic heterocycles. The number of rotatable bonds is 5. The number of ether oxygens (including phenoxy) is 1. The third-order valence-electron chi connectivity index (χ3n) is 5.05. The summed E-state index contributed by atoms with van der Waals surface area (Å²) in [7, 11) is 1.69. The molecule has 0 radical (unpaired) electrons. The van der Waals surface area contributed by atoms with Crippen molar-refractivity contribution >= 4 is 36.0 Å². The number of hydrogen-bond donors (Lipinski definition) is 2. The Balaban J connectivity index is 0.00000450. The molecule has 0 aromatic rings. The smallest absolute Gasteiger partial charge is 0.410 e. The first-order chi connectivity index (χ1) is 13.4. The minimum Gasteiger partial charge on any atom is -0.444 e. The number of aliphatic imine (C=N–C) groups is 1. The topological polar surface area (TPSA) is 69.2 Å². The Kier molecular flexibility index (Phi) is 10.4. The Labute approximate surface area is 194 Å². The number of amides is 1. The number of nitrogens with zero attached hydrogens (tertiary/aromatic N) is 3. The van der Waals surface area contributed by atoms with Gasteiger partial charge in [-0.15, -0.1) is 24.0 Å². The third kappa shape index (κ3) is 9.88. The molecule has 176 valence electrons. The lowest BCUT2D eigenvalue weighted by Gasteiger charge is -2.40. The van der Waals surface area contributed by atoms with Crippen LogP contribution in [0.2, 0.25) is 0 Å². The Bertz CT molecular complexity index is 569. The molecular formula is C19H35F3IN5O2. The van der Waals surface area contributed by atoms with E-state index >= 15 is 0 Å². The van der Waals surface area contributed by atoms with Crippen LogP contribution in [0, 0.1) is 5.92 Å². The molecule has 2 N–H and O–H groups in total. The van der Waals surface area contributed by atoms with Crippen molar-refractivity contribution in [2.75, 3.05) is 46.3 Å². The summed E-state index contributed by atoms with van der Waals surface area (Å²) < 4.78 is 42.7. The van der Waals surface area contributed by atoms with E-state index in [0.717, 1.165) is 19.3 Å². The predicted molar refractivity (Wildman–Crippen MR) is 121 cm³/mol. The van der Waals surface area contributed by atoms with E-state index in [1.807, 2.05) is 20.8 Å². The lowest BCUT2D eigenvalue weighted by Crippen LogP contribution is -2.63. The molecule has 0 aromatic heterocycles. The number of nitrogens with one attached hydrogen (secondary N) is 2. The molecule has 2 saturated heterocycles. The van der Waals surface area contributed by atoms with Gasteiger partial charge in [-0.3, -0.25) is 9.89 Å². The van der Waals surface area contributed by atoms with Crippen LogP contribution >= 0.6 is 24.0 Å². The van der Waals surface area contributed by atoms with Crippen molar-refractivity contribution in [3.8, 4) is 0 Å². The molecule has 0 spiro atoms. The molecule has 0 aliphatic carbocycles. The molecule has 30 heavy (non-hydrogen) atoms. The summed E-state index contributed by atoms with van der Waals surface area (Å²) in [5.74, 6) is 1.10. The van der Waals surface area contributed by atoms with Crippen molar-refractivity contribution in [2.45, 2.75) is 57.9 Å². The third-order valence-corrected chi connectivity index (χ3v) is 5.05. The lowest BCUT2D eigenvalue weighted by molar-refractivity contribution is -0.148. The molecule has 0 bridgehead atoms. The fourth-order valence-corrected chi connectivity index (χ4v) is 3.51. The number of halogens is 4. The fraction of sp³-hybridized carbons (Fsp3) is 0.895. The van der Waals surface area contributed by atoms with Gasteiger partial charge in [0.2, 0.25) is 0 Å². The van der Waals surface area contributed by atoms with Gasteiger partial charge < -0.3 is 20.3 Å². The summed E-state index contributed by atoms with van der Waals surface area (Å²) in [5.41, 5.74) is -0.504. The molecule has 0 saturated carbocycles. The molecule has 0 aromatic carbocycles. The number of hydrogen-bond acceptors (Lipinski definition) is 4. The van der Waals surface area contributed by atoms with E-state index in [1.54, 1.807) is 11.9 Å². The van der Waals surface area contributed by atoms with Crippen LogP contribution in [0.4, 0.5) is 18.0 Å². The summed E-state index contributed by atoms with van der Waals surface area (Å²) in [6, 6.07) is 0.124. The Morgan fingerprint density at radius 2 is 1.77 bits per heavy atom.